The fraction of sp³-hybridized carbons (Fsp3) is 0.375. The summed E-state index contributed by atoms with van der Waals surface area (Å²) in [5.41, 5.74) is 2.76. The van der Waals surface area contributed by atoms with E-state index in [4.69, 9.17) is 0 Å². The van der Waals surface area contributed by atoms with E-state index in [0.717, 1.165) is 29.8 Å². The second-order valence-electron chi connectivity index (χ2n) is 4.90. The van der Waals surface area contributed by atoms with Crippen molar-refractivity contribution in [2.45, 2.75) is 26.7 Å². The standard InChI is InChI=1S/C16H21N3O/c1-4-12(5-2)16(20)18-14-11-17-19(3)15(14)13-9-7-6-8-10-13/h6-12H,4-5H2,1-3H3,(H,18,20). The van der Waals surface area contributed by atoms with Crippen LogP contribution in [-0.2, 0) is 11.8 Å². The Morgan fingerprint density at radius 3 is 2.50 bits per heavy atom. The van der Waals surface area contributed by atoms with Gasteiger partial charge < -0.3 is 5.32 Å². The zero-order chi connectivity index (χ0) is 14.5. The van der Waals surface area contributed by atoms with Crippen LogP contribution < -0.4 is 5.32 Å². The molecule has 0 aliphatic carbocycles. The summed E-state index contributed by atoms with van der Waals surface area (Å²) in [6.45, 7) is 4.07. The Labute approximate surface area is 119 Å². The van der Waals surface area contributed by atoms with Gasteiger partial charge in [-0.05, 0) is 12.8 Å². The van der Waals surface area contributed by atoms with Crippen molar-refractivity contribution in [3.63, 3.8) is 0 Å². The van der Waals surface area contributed by atoms with Crippen molar-refractivity contribution in [2.24, 2.45) is 13.0 Å². The molecule has 0 saturated carbocycles. The molecule has 0 aliphatic heterocycles. The first-order chi connectivity index (χ1) is 9.67. The monoisotopic (exact) mass is 271 g/mol. The van der Waals surface area contributed by atoms with Crippen LogP contribution in [0.1, 0.15) is 26.7 Å². The lowest BCUT2D eigenvalue weighted by atomic mass is 10.0. The van der Waals surface area contributed by atoms with Crippen molar-refractivity contribution >= 4 is 11.6 Å². The van der Waals surface area contributed by atoms with E-state index in [1.54, 1.807) is 10.9 Å². The van der Waals surface area contributed by atoms with Gasteiger partial charge in [-0.15, -0.1) is 0 Å². The van der Waals surface area contributed by atoms with Gasteiger partial charge in [-0.1, -0.05) is 44.2 Å². The molecule has 0 atom stereocenters. The molecule has 0 fully saturated rings. The first-order valence-electron chi connectivity index (χ1n) is 7.05. The summed E-state index contributed by atoms with van der Waals surface area (Å²) in [5, 5.41) is 7.27. The molecule has 0 radical (unpaired) electrons. The predicted octanol–water partition coefficient (Wildman–Crippen LogP) is 3.46. The molecule has 1 aromatic heterocycles. The zero-order valence-electron chi connectivity index (χ0n) is 12.3. The molecule has 0 bridgehead atoms. The van der Waals surface area contributed by atoms with Gasteiger partial charge in [0.15, 0.2) is 0 Å². The molecule has 0 spiro atoms. The maximum Gasteiger partial charge on any atom is 0.227 e. The van der Waals surface area contributed by atoms with Crippen molar-refractivity contribution in [3.8, 4) is 11.3 Å². The van der Waals surface area contributed by atoms with Crippen LogP contribution >= 0.6 is 0 Å². The van der Waals surface area contributed by atoms with Crippen LogP contribution in [-0.4, -0.2) is 15.7 Å². The summed E-state index contributed by atoms with van der Waals surface area (Å²) < 4.78 is 1.79. The van der Waals surface area contributed by atoms with Gasteiger partial charge in [0.25, 0.3) is 0 Å². The van der Waals surface area contributed by atoms with Gasteiger partial charge in [0.1, 0.15) is 0 Å². The molecule has 4 nitrogen and oxygen atoms in total. The number of rotatable bonds is 5. The smallest absolute Gasteiger partial charge is 0.227 e. The third-order valence-corrected chi connectivity index (χ3v) is 3.60. The van der Waals surface area contributed by atoms with Crippen LogP contribution in [0.2, 0.25) is 0 Å². The SMILES string of the molecule is CCC(CC)C(=O)Nc1cnn(C)c1-c1ccccc1. The van der Waals surface area contributed by atoms with Gasteiger partial charge >= 0.3 is 0 Å². The van der Waals surface area contributed by atoms with Crippen LogP contribution in [0.5, 0.6) is 0 Å². The second kappa shape index (κ2) is 6.37. The maximum absolute atomic E-state index is 12.2. The van der Waals surface area contributed by atoms with Crippen molar-refractivity contribution in [1.29, 1.82) is 0 Å². The van der Waals surface area contributed by atoms with Crippen LogP contribution in [0, 0.1) is 5.92 Å². The van der Waals surface area contributed by atoms with Crippen LogP contribution in [0.4, 0.5) is 5.69 Å². The maximum atomic E-state index is 12.2. The Hall–Kier alpha value is -2.10. The summed E-state index contributed by atoms with van der Waals surface area (Å²) in [6, 6.07) is 9.97. The third kappa shape index (κ3) is 2.90. The van der Waals surface area contributed by atoms with Gasteiger partial charge in [0.05, 0.1) is 17.6 Å². The first-order valence-corrected chi connectivity index (χ1v) is 7.05. The highest BCUT2D eigenvalue weighted by atomic mass is 16.1. The minimum atomic E-state index is 0.0545. The molecule has 0 unspecified atom stereocenters. The van der Waals surface area contributed by atoms with Gasteiger partial charge in [0, 0.05) is 18.5 Å². The quantitative estimate of drug-likeness (QED) is 0.905. The van der Waals surface area contributed by atoms with E-state index in [9.17, 15) is 4.79 Å². The van der Waals surface area contributed by atoms with Crippen molar-refractivity contribution in [3.05, 3.63) is 36.5 Å². The molecule has 0 aliphatic rings. The van der Waals surface area contributed by atoms with Crippen molar-refractivity contribution in [1.82, 2.24) is 9.78 Å². The average Bonchev–Trinajstić information content (AvgIpc) is 2.82. The van der Waals surface area contributed by atoms with Gasteiger partial charge in [0.2, 0.25) is 5.91 Å². The largest absolute Gasteiger partial charge is 0.323 e. The third-order valence-electron chi connectivity index (χ3n) is 3.60. The molecule has 1 N–H and O–H groups in total. The number of nitrogens with one attached hydrogen (secondary N) is 1. The highest BCUT2D eigenvalue weighted by molar-refractivity contribution is 5.95. The summed E-state index contributed by atoms with van der Waals surface area (Å²) >= 11 is 0. The molecule has 2 aromatic rings. The average molecular weight is 271 g/mol. The van der Waals surface area contributed by atoms with E-state index in [1.807, 2.05) is 51.2 Å². The van der Waals surface area contributed by atoms with E-state index < -0.39 is 0 Å². The van der Waals surface area contributed by atoms with E-state index in [-0.39, 0.29) is 11.8 Å². The number of aromatic nitrogens is 2. The van der Waals surface area contributed by atoms with Crippen molar-refractivity contribution in [2.75, 3.05) is 5.32 Å². The highest BCUT2D eigenvalue weighted by Crippen LogP contribution is 2.27. The van der Waals surface area contributed by atoms with E-state index >= 15 is 0 Å². The Morgan fingerprint density at radius 1 is 1.25 bits per heavy atom. The second-order valence-corrected chi connectivity index (χ2v) is 4.90. The normalized spacial score (nSPS) is 10.8. The molecule has 4 heteroatoms. The Morgan fingerprint density at radius 2 is 1.90 bits per heavy atom. The number of carbonyl (C=O) groups is 1. The van der Waals surface area contributed by atoms with E-state index in [1.165, 1.54) is 0 Å². The number of carbonyl (C=O) groups excluding carboxylic acids is 1. The molecule has 1 aromatic carbocycles. The lowest BCUT2D eigenvalue weighted by molar-refractivity contribution is -0.120. The number of aryl methyl sites for hydroxylation is 1. The van der Waals surface area contributed by atoms with Gasteiger partial charge in [-0.3, -0.25) is 9.48 Å². The molecule has 106 valence electrons. The van der Waals surface area contributed by atoms with Gasteiger partial charge in [-0.2, -0.15) is 5.10 Å². The predicted molar refractivity (Wildman–Crippen MR) is 81.3 cm³/mol. The minimum absolute atomic E-state index is 0.0545. The van der Waals surface area contributed by atoms with E-state index in [0.29, 0.717) is 0 Å². The summed E-state index contributed by atoms with van der Waals surface area (Å²) in [7, 11) is 1.88. The summed E-state index contributed by atoms with van der Waals surface area (Å²) in [6.07, 6.45) is 3.41. The molecule has 2 rings (SSSR count). The van der Waals surface area contributed by atoms with E-state index in [2.05, 4.69) is 10.4 Å². The number of benzene rings is 1. The lowest BCUT2D eigenvalue weighted by Gasteiger charge is -2.13. The van der Waals surface area contributed by atoms with Crippen LogP contribution in [0.3, 0.4) is 0 Å². The molecular formula is C16H21N3O. The lowest BCUT2D eigenvalue weighted by Crippen LogP contribution is -2.21. The summed E-state index contributed by atoms with van der Waals surface area (Å²) in [5.74, 6) is 0.124. The zero-order valence-corrected chi connectivity index (χ0v) is 12.3. The van der Waals surface area contributed by atoms with Crippen LogP contribution in [0.25, 0.3) is 11.3 Å². The number of hydrogen-bond donors (Lipinski definition) is 1. The number of nitrogens with zero attached hydrogens (tertiary/aromatic N) is 2. The first kappa shape index (κ1) is 14.3. The number of hydrogen-bond acceptors (Lipinski definition) is 2. The minimum Gasteiger partial charge on any atom is -0.323 e. The topological polar surface area (TPSA) is 46.9 Å². The Balaban J connectivity index is 2.28. The number of amides is 1. The fourth-order valence-electron chi connectivity index (χ4n) is 2.36. The molecule has 1 amide bonds. The summed E-state index contributed by atoms with van der Waals surface area (Å²) in [4.78, 5) is 12.2. The van der Waals surface area contributed by atoms with Crippen molar-refractivity contribution < 1.29 is 4.79 Å². The molecular weight excluding hydrogens is 250 g/mol. The molecule has 20 heavy (non-hydrogen) atoms. The number of anilines is 1. The Kier molecular flexibility index (Phi) is 4.56. The molecule has 0 saturated heterocycles. The fourth-order valence-corrected chi connectivity index (χ4v) is 2.36. The molecule has 1 heterocycles. The Bertz CT molecular complexity index is 571. The van der Waals surface area contributed by atoms with Gasteiger partial charge in [-0.25, -0.2) is 0 Å². The highest BCUT2D eigenvalue weighted by Gasteiger charge is 2.18. The van der Waals surface area contributed by atoms with Crippen LogP contribution in [0.15, 0.2) is 36.5 Å².